The third-order valence-electron chi connectivity index (χ3n) is 5.72. The van der Waals surface area contributed by atoms with Gasteiger partial charge in [0.25, 0.3) is 15.9 Å². The van der Waals surface area contributed by atoms with Crippen LogP contribution in [0, 0.1) is 0 Å². The highest BCUT2D eigenvalue weighted by Gasteiger charge is 2.29. The summed E-state index contributed by atoms with van der Waals surface area (Å²) in [4.78, 5) is 16.4. The topological polar surface area (TPSA) is 66.9 Å². The van der Waals surface area contributed by atoms with Crippen molar-refractivity contribution < 1.29 is 17.9 Å². The summed E-state index contributed by atoms with van der Waals surface area (Å²) in [7, 11) is -0.819. The number of amides is 1. The minimum Gasteiger partial charge on any atom is -0.495 e. The molecule has 0 radical (unpaired) electrons. The van der Waals surface area contributed by atoms with Gasteiger partial charge in [-0.05, 0) is 66.8 Å². The SMILES string of the molecule is COc1ccccc1N(C)S(=O)(=O)c1ccc(C(=O)N2CCc3sccc3C2C)cc1. The summed E-state index contributed by atoms with van der Waals surface area (Å²) < 4.78 is 32.7. The van der Waals surface area contributed by atoms with Crippen molar-refractivity contribution in [3.05, 3.63) is 76.0 Å². The minimum absolute atomic E-state index is 0.00240. The first kappa shape index (κ1) is 21.4. The molecule has 1 aromatic heterocycles. The molecule has 2 aromatic carbocycles. The Balaban J connectivity index is 1.57. The smallest absolute Gasteiger partial charge is 0.264 e. The first-order chi connectivity index (χ1) is 14.8. The zero-order chi connectivity index (χ0) is 22.2. The van der Waals surface area contributed by atoms with Gasteiger partial charge in [0, 0.05) is 24.0 Å². The molecule has 2 heterocycles. The molecule has 162 valence electrons. The Morgan fingerprint density at radius 1 is 1.13 bits per heavy atom. The highest BCUT2D eigenvalue weighted by molar-refractivity contribution is 7.92. The zero-order valence-corrected chi connectivity index (χ0v) is 19.2. The summed E-state index contributed by atoms with van der Waals surface area (Å²) in [6, 6.07) is 15.1. The van der Waals surface area contributed by atoms with Gasteiger partial charge in [-0.1, -0.05) is 12.1 Å². The average molecular weight is 457 g/mol. The lowest BCUT2D eigenvalue weighted by molar-refractivity contribution is 0.0679. The molecule has 0 N–H and O–H groups in total. The van der Waals surface area contributed by atoms with E-state index in [1.807, 2.05) is 11.8 Å². The number of hydrogen-bond acceptors (Lipinski definition) is 5. The van der Waals surface area contributed by atoms with Crippen molar-refractivity contribution in [1.29, 1.82) is 0 Å². The molecular weight excluding hydrogens is 432 g/mol. The molecule has 1 amide bonds. The number of fused-ring (bicyclic) bond motifs is 1. The van der Waals surface area contributed by atoms with Crippen LogP contribution in [0.25, 0.3) is 0 Å². The Labute approximate surface area is 186 Å². The number of thiophene rings is 1. The van der Waals surface area contributed by atoms with Crippen LogP contribution in [0.2, 0.25) is 0 Å². The van der Waals surface area contributed by atoms with E-state index in [0.717, 1.165) is 6.42 Å². The van der Waals surface area contributed by atoms with E-state index in [1.54, 1.807) is 47.7 Å². The molecule has 0 saturated heterocycles. The number of rotatable bonds is 5. The number of ether oxygens (including phenoxy) is 1. The van der Waals surface area contributed by atoms with Gasteiger partial charge in [0.05, 0.1) is 23.7 Å². The van der Waals surface area contributed by atoms with Gasteiger partial charge in [0.15, 0.2) is 0 Å². The molecule has 31 heavy (non-hydrogen) atoms. The van der Waals surface area contributed by atoms with E-state index in [9.17, 15) is 13.2 Å². The van der Waals surface area contributed by atoms with Crippen molar-refractivity contribution in [2.45, 2.75) is 24.3 Å². The van der Waals surface area contributed by atoms with Gasteiger partial charge in [-0.15, -0.1) is 11.3 Å². The highest BCUT2D eigenvalue weighted by atomic mass is 32.2. The summed E-state index contributed by atoms with van der Waals surface area (Å²) in [6.07, 6.45) is 0.846. The van der Waals surface area contributed by atoms with Crippen LogP contribution in [0.1, 0.15) is 33.8 Å². The number of anilines is 1. The van der Waals surface area contributed by atoms with Crippen LogP contribution in [-0.4, -0.2) is 39.9 Å². The maximum absolute atomic E-state index is 13.1. The van der Waals surface area contributed by atoms with E-state index >= 15 is 0 Å². The van der Waals surface area contributed by atoms with Gasteiger partial charge in [-0.25, -0.2) is 8.42 Å². The normalized spacial score (nSPS) is 16.0. The second kappa shape index (κ2) is 8.36. The van der Waals surface area contributed by atoms with Gasteiger partial charge >= 0.3 is 0 Å². The molecule has 0 bridgehead atoms. The molecule has 0 aliphatic carbocycles. The quantitative estimate of drug-likeness (QED) is 0.573. The molecule has 3 aromatic rings. The van der Waals surface area contributed by atoms with Crippen molar-refractivity contribution in [3.8, 4) is 5.75 Å². The maximum Gasteiger partial charge on any atom is 0.264 e. The van der Waals surface area contributed by atoms with Crippen molar-refractivity contribution in [2.75, 3.05) is 25.0 Å². The largest absolute Gasteiger partial charge is 0.495 e. The Bertz CT molecular complexity index is 1200. The second-order valence-corrected chi connectivity index (χ2v) is 10.4. The molecule has 1 aliphatic rings. The minimum atomic E-state index is -3.81. The first-order valence-corrected chi connectivity index (χ1v) is 12.3. The molecule has 0 spiro atoms. The predicted octanol–water partition coefficient (Wildman–Crippen LogP) is 4.34. The molecule has 1 atom stereocenters. The van der Waals surface area contributed by atoms with Crippen LogP contribution in [0.3, 0.4) is 0 Å². The monoisotopic (exact) mass is 456 g/mol. The van der Waals surface area contributed by atoms with E-state index in [-0.39, 0.29) is 16.8 Å². The summed E-state index contributed by atoms with van der Waals surface area (Å²) >= 11 is 1.73. The molecule has 8 heteroatoms. The summed E-state index contributed by atoms with van der Waals surface area (Å²) in [5.74, 6) is 0.374. The standard InChI is InChI=1S/C23H24N2O4S2/c1-16-19-13-15-30-22(19)12-14-25(16)23(26)17-8-10-18(11-9-17)31(27,28)24(2)20-6-4-5-7-21(20)29-3/h4-11,13,15-16H,12,14H2,1-3H3. The Morgan fingerprint density at radius 3 is 2.55 bits per heavy atom. The lowest BCUT2D eigenvalue weighted by Crippen LogP contribution is -2.38. The van der Waals surface area contributed by atoms with E-state index in [2.05, 4.69) is 11.4 Å². The number of sulfonamides is 1. The van der Waals surface area contributed by atoms with Crippen molar-refractivity contribution in [2.24, 2.45) is 0 Å². The molecule has 0 saturated carbocycles. The fraction of sp³-hybridized carbons (Fsp3) is 0.261. The van der Waals surface area contributed by atoms with E-state index in [0.29, 0.717) is 23.5 Å². The van der Waals surface area contributed by atoms with Crippen molar-refractivity contribution in [1.82, 2.24) is 4.90 Å². The lowest BCUT2D eigenvalue weighted by Gasteiger charge is -2.33. The fourth-order valence-electron chi connectivity index (χ4n) is 3.90. The number of nitrogens with zero attached hydrogens (tertiary/aromatic N) is 2. The van der Waals surface area contributed by atoms with E-state index in [1.165, 1.54) is 41.0 Å². The van der Waals surface area contributed by atoms with Crippen LogP contribution >= 0.6 is 11.3 Å². The van der Waals surface area contributed by atoms with E-state index in [4.69, 9.17) is 4.74 Å². The number of carbonyl (C=O) groups excluding carboxylic acids is 1. The molecule has 0 fully saturated rings. The molecule has 1 unspecified atom stereocenters. The number of benzene rings is 2. The predicted molar refractivity (Wildman–Crippen MR) is 122 cm³/mol. The third kappa shape index (κ3) is 3.81. The van der Waals surface area contributed by atoms with E-state index < -0.39 is 10.0 Å². The van der Waals surface area contributed by atoms with Crippen LogP contribution < -0.4 is 9.04 Å². The van der Waals surface area contributed by atoms with Crippen molar-refractivity contribution >= 4 is 33.0 Å². The maximum atomic E-state index is 13.1. The molecule has 4 rings (SSSR count). The van der Waals surface area contributed by atoms with Gasteiger partial charge in [-0.2, -0.15) is 0 Å². The van der Waals surface area contributed by atoms with Gasteiger partial charge < -0.3 is 9.64 Å². The van der Waals surface area contributed by atoms with Crippen LogP contribution in [0.15, 0.2) is 64.9 Å². The second-order valence-electron chi connectivity index (χ2n) is 7.39. The fourth-order valence-corrected chi connectivity index (χ4v) is 6.07. The summed E-state index contributed by atoms with van der Waals surface area (Å²) in [5, 5.41) is 2.06. The lowest BCUT2D eigenvalue weighted by atomic mass is 10.0. The first-order valence-electron chi connectivity index (χ1n) is 9.94. The molecule has 6 nitrogen and oxygen atoms in total. The van der Waals surface area contributed by atoms with Crippen LogP contribution in [-0.2, 0) is 16.4 Å². The van der Waals surface area contributed by atoms with Crippen LogP contribution in [0.5, 0.6) is 5.75 Å². The summed E-state index contributed by atoms with van der Waals surface area (Å²) in [5.41, 5.74) is 2.12. The number of methoxy groups -OCH3 is 1. The number of carbonyl (C=O) groups is 1. The Morgan fingerprint density at radius 2 is 1.84 bits per heavy atom. The zero-order valence-electron chi connectivity index (χ0n) is 17.6. The van der Waals surface area contributed by atoms with Gasteiger partial charge in [-0.3, -0.25) is 9.10 Å². The third-order valence-corrected chi connectivity index (χ3v) is 8.50. The average Bonchev–Trinajstić information content (AvgIpc) is 3.28. The van der Waals surface area contributed by atoms with Crippen molar-refractivity contribution in [3.63, 3.8) is 0 Å². The van der Waals surface area contributed by atoms with Gasteiger partial charge in [0.1, 0.15) is 5.75 Å². The summed E-state index contributed by atoms with van der Waals surface area (Å²) in [6.45, 7) is 2.69. The highest BCUT2D eigenvalue weighted by Crippen LogP contribution is 2.34. The number of para-hydroxylation sites is 2. The molecule has 1 aliphatic heterocycles. The Kier molecular flexibility index (Phi) is 5.77. The number of hydrogen-bond donors (Lipinski definition) is 0. The van der Waals surface area contributed by atoms with Gasteiger partial charge in [0.2, 0.25) is 0 Å². The van der Waals surface area contributed by atoms with Crippen LogP contribution in [0.4, 0.5) is 5.69 Å². The molecular formula is C23H24N2O4S2. The Hall–Kier alpha value is -2.84.